The van der Waals surface area contributed by atoms with E-state index in [1.807, 2.05) is 18.6 Å². The Morgan fingerprint density at radius 3 is 2.03 bits per heavy atom. The molecule has 3 nitrogen and oxygen atoms in total. The molecule has 170 valence electrons. The first kappa shape index (κ1) is 23.9. The second-order valence-electron chi connectivity index (χ2n) is 9.62. The van der Waals surface area contributed by atoms with Crippen molar-refractivity contribution in [3.05, 3.63) is 42.0 Å². The molecule has 0 N–H and O–H groups in total. The predicted molar refractivity (Wildman–Crippen MR) is 131 cm³/mol. The summed E-state index contributed by atoms with van der Waals surface area (Å²) in [6.07, 6.45) is 26.0. The van der Waals surface area contributed by atoms with E-state index in [1.165, 1.54) is 101 Å². The Labute approximate surface area is 190 Å². The van der Waals surface area contributed by atoms with E-state index < -0.39 is 0 Å². The quantitative estimate of drug-likeness (QED) is 0.305. The van der Waals surface area contributed by atoms with Gasteiger partial charge in [0.2, 0.25) is 0 Å². The van der Waals surface area contributed by atoms with Crippen molar-refractivity contribution in [3.8, 4) is 11.4 Å². The number of aryl methyl sites for hydroxylation is 1. The Morgan fingerprint density at radius 1 is 0.710 bits per heavy atom. The van der Waals surface area contributed by atoms with Gasteiger partial charge in [-0.15, -0.1) is 0 Å². The van der Waals surface area contributed by atoms with Crippen LogP contribution in [0.25, 0.3) is 11.4 Å². The third-order valence-electron chi connectivity index (χ3n) is 7.05. The largest absolute Gasteiger partial charge is 0.260 e. The van der Waals surface area contributed by atoms with Gasteiger partial charge in [-0.2, -0.15) is 0 Å². The van der Waals surface area contributed by atoms with Crippen LogP contribution in [0.2, 0.25) is 0 Å². The van der Waals surface area contributed by atoms with Crippen LogP contribution in [-0.4, -0.2) is 15.0 Å². The molecule has 0 saturated heterocycles. The molecule has 3 rings (SSSR count). The highest BCUT2D eigenvalue weighted by atomic mass is 14.9. The number of pyridine rings is 1. The first-order chi connectivity index (χ1) is 15.3. The molecule has 3 heteroatoms. The summed E-state index contributed by atoms with van der Waals surface area (Å²) in [5.74, 6) is 2.38. The second-order valence-corrected chi connectivity index (χ2v) is 9.62. The highest BCUT2D eigenvalue weighted by Gasteiger charge is 2.23. The summed E-state index contributed by atoms with van der Waals surface area (Å²) in [7, 11) is 0. The van der Waals surface area contributed by atoms with E-state index in [4.69, 9.17) is 4.98 Å². The first-order valence-electron chi connectivity index (χ1n) is 13.1. The average molecular weight is 422 g/mol. The molecular formula is C28H43N3. The molecule has 1 aliphatic rings. The third kappa shape index (κ3) is 8.01. The van der Waals surface area contributed by atoms with E-state index in [0.717, 1.165) is 23.7 Å². The molecule has 31 heavy (non-hydrogen) atoms. The van der Waals surface area contributed by atoms with Gasteiger partial charge in [-0.25, -0.2) is 9.97 Å². The van der Waals surface area contributed by atoms with Gasteiger partial charge in [0, 0.05) is 35.8 Å². The van der Waals surface area contributed by atoms with Crippen molar-refractivity contribution in [1.82, 2.24) is 15.0 Å². The molecule has 2 heterocycles. The zero-order chi connectivity index (χ0) is 21.7. The highest BCUT2D eigenvalue weighted by Crippen LogP contribution is 2.37. The average Bonchev–Trinajstić information content (AvgIpc) is 2.83. The fourth-order valence-corrected chi connectivity index (χ4v) is 4.95. The van der Waals surface area contributed by atoms with Crippen LogP contribution < -0.4 is 0 Å². The van der Waals surface area contributed by atoms with Crippen LogP contribution >= 0.6 is 0 Å². The minimum atomic E-state index is 0.636. The van der Waals surface area contributed by atoms with Crippen molar-refractivity contribution < 1.29 is 0 Å². The van der Waals surface area contributed by atoms with Gasteiger partial charge in [-0.1, -0.05) is 71.6 Å². The smallest absolute Gasteiger partial charge is 0.160 e. The number of hydrogen-bond donors (Lipinski definition) is 0. The van der Waals surface area contributed by atoms with Gasteiger partial charge in [-0.05, 0) is 62.1 Å². The third-order valence-corrected chi connectivity index (χ3v) is 7.05. The van der Waals surface area contributed by atoms with Crippen LogP contribution in [0.15, 0.2) is 30.7 Å². The molecule has 1 saturated carbocycles. The van der Waals surface area contributed by atoms with Gasteiger partial charge in [0.05, 0.1) is 0 Å². The van der Waals surface area contributed by atoms with E-state index in [0.29, 0.717) is 5.92 Å². The Hall–Kier alpha value is -1.77. The summed E-state index contributed by atoms with van der Waals surface area (Å²) in [6.45, 7) is 4.54. The molecule has 0 aliphatic heterocycles. The van der Waals surface area contributed by atoms with Crippen LogP contribution in [0.1, 0.15) is 121 Å². The lowest BCUT2D eigenvalue weighted by Crippen LogP contribution is -2.14. The molecule has 0 aromatic carbocycles. The van der Waals surface area contributed by atoms with E-state index >= 15 is 0 Å². The van der Waals surface area contributed by atoms with Gasteiger partial charge in [0.25, 0.3) is 0 Å². The molecule has 0 bridgehead atoms. The van der Waals surface area contributed by atoms with Crippen LogP contribution in [0.4, 0.5) is 0 Å². The number of aromatic nitrogens is 3. The lowest BCUT2D eigenvalue weighted by atomic mass is 9.78. The van der Waals surface area contributed by atoms with E-state index in [9.17, 15) is 0 Å². The number of nitrogens with zero attached hydrogens (tertiary/aromatic N) is 3. The van der Waals surface area contributed by atoms with E-state index in [-0.39, 0.29) is 0 Å². The number of rotatable bonds is 13. The molecule has 1 aliphatic carbocycles. The van der Waals surface area contributed by atoms with Gasteiger partial charge < -0.3 is 0 Å². The van der Waals surface area contributed by atoms with Gasteiger partial charge in [-0.3, -0.25) is 4.98 Å². The summed E-state index contributed by atoms with van der Waals surface area (Å²) in [5, 5.41) is 0. The lowest BCUT2D eigenvalue weighted by Gasteiger charge is -2.28. The molecule has 0 radical (unpaired) electrons. The lowest BCUT2D eigenvalue weighted by molar-refractivity contribution is 0.299. The summed E-state index contributed by atoms with van der Waals surface area (Å²) >= 11 is 0. The van der Waals surface area contributed by atoms with Crippen molar-refractivity contribution >= 4 is 0 Å². The van der Waals surface area contributed by atoms with E-state index in [1.54, 1.807) is 0 Å². The minimum Gasteiger partial charge on any atom is -0.260 e. The molecule has 0 spiro atoms. The van der Waals surface area contributed by atoms with E-state index in [2.05, 4.69) is 35.9 Å². The summed E-state index contributed by atoms with van der Waals surface area (Å²) in [6, 6.07) is 4.38. The highest BCUT2D eigenvalue weighted by molar-refractivity contribution is 5.53. The van der Waals surface area contributed by atoms with Crippen molar-refractivity contribution in [2.45, 2.75) is 116 Å². The Bertz CT molecular complexity index is 715. The first-order valence-corrected chi connectivity index (χ1v) is 13.1. The molecule has 0 amide bonds. The SMILES string of the molecule is CCCCCCCC1CCC(c2ccc(-c3ncc(CCCCCC)cn3)cn2)CC1. The maximum absolute atomic E-state index is 4.81. The monoisotopic (exact) mass is 421 g/mol. The zero-order valence-electron chi connectivity index (χ0n) is 20.0. The Balaban J connectivity index is 1.43. The fraction of sp³-hybridized carbons (Fsp3) is 0.679. The predicted octanol–water partition coefficient (Wildman–Crippen LogP) is 8.30. The van der Waals surface area contributed by atoms with Crippen LogP contribution in [0.5, 0.6) is 0 Å². The molecular weight excluding hydrogens is 378 g/mol. The van der Waals surface area contributed by atoms with Crippen molar-refractivity contribution in [2.75, 3.05) is 0 Å². The Kier molecular flexibility index (Phi) is 10.5. The zero-order valence-corrected chi connectivity index (χ0v) is 20.0. The summed E-state index contributed by atoms with van der Waals surface area (Å²) in [5.41, 5.74) is 3.53. The minimum absolute atomic E-state index is 0.636. The van der Waals surface area contributed by atoms with Gasteiger partial charge in [0.15, 0.2) is 5.82 Å². The maximum Gasteiger partial charge on any atom is 0.160 e. The summed E-state index contributed by atoms with van der Waals surface area (Å²) < 4.78 is 0. The number of hydrogen-bond acceptors (Lipinski definition) is 3. The molecule has 0 unspecified atom stereocenters. The van der Waals surface area contributed by atoms with Gasteiger partial charge in [0.1, 0.15) is 0 Å². The standard InChI is InChI=1S/C28H43N3/c1-3-5-7-9-11-12-23-14-16-25(17-15-23)27-19-18-26(22-29-27)28-30-20-24(21-31-28)13-10-8-6-4-2/h18-23,25H,3-17H2,1-2H3. The normalized spacial score (nSPS) is 18.9. The molecule has 1 fully saturated rings. The molecule has 2 aromatic rings. The van der Waals surface area contributed by atoms with Crippen molar-refractivity contribution in [2.24, 2.45) is 5.92 Å². The topological polar surface area (TPSA) is 38.7 Å². The molecule has 0 atom stereocenters. The van der Waals surface area contributed by atoms with Crippen LogP contribution in [0.3, 0.4) is 0 Å². The Morgan fingerprint density at radius 2 is 1.39 bits per heavy atom. The fourth-order valence-electron chi connectivity index (χ4n) is 4.95. The van der Waals surface area contributed by atoms with Gasteiger partial charge >= 0.3 is 0 Å². The van der Waals surface area contributed by atoms with Crippen molar-refractivity contribution in [1.29, 1.82) is 0 Å². The van der Waals surface area contributed by atoms with Crippen molar-refractivity contribution in [3.63, 3.8) is 0 Å². The van der Waals surface area contributed by atoms with Crippen LogP contribution in [0, 0.1) is 5.92 Å². The maximum atomic E-state index is 4.81. The molecule has 2 aromatic heterocycles. The van der Waals surface area contributed by atoms with Crippen LogP contribution in [-0.2, 0) is 6.42 Å². The second kappa shape index (κ2) is 13.6. The summed E-state index contributed by atoms with van der Waals surface area (Å²) in [4.78, 5) is 14.0. The number of unbranched alkanes of at least 4 members (excludes halogenated alkanes) is 7.